The number of fused-ring (bicyclic) bond motifs is 3. The predicted octanol–water partition coefficient (Wildman–Crippen LogP) is 4.29. The summed E-state index contributed by atoms with van der Waals surface area (Å²) in [7, 11) is 1.61. The zero-order valence-corrected chi connectivity index (χ0v) is 17.4. The molecule has 0 saturated heterocycles. The summed E-state index contributed by atoms with van der Waals surface area (Å²) < 4.78 is 5.18. The number of aromatic amines is 2. The maximum Gasteiger partial charge on any atom is 0.261 e. The maximum atomic E-state index is 13.3. The standard InChI is InChI=1S/C25H23N3O3/c1-15-23-19(18-5-3-4-6-22(18)26-23)13-14-28(15)25(30)20-11-12-21(27-24(20)29)16-7-9-17(31-2)10-8-16/h3-12,15,26H,13-14H2,1-2H3,(H,27,29)/t15-/m0/s1. The van der Waals surface area contributed by atoms with Gasteiger partial charge in [-0.25, -0.2) is 0 Å². The van der Waals surface area contributed by atoms with Crippen molar-refractivity contribution in [2.75, 3.05) is 13.7 Å². The first kappa shape index (κ1) is 19.2. The first-order chi connectivity index (χ1) is 15.1. The Bertz CT molecular complexity index is 1330. The molecule has 2 N–H and O–H groups in total. The lowest BCUT2D eigenvalue weighted by Crippen LogP contribution is -2.41. The zero-order valence-electron chi connectivity index (χ0n) is 17.4. The summed E-state index contributed by atoms with van der Waals surface area (Å²) in [6.07, 6.45) is 0.761. The van der Waals surface area contributed by atoms with Crippen molar-refractivity contribution >= 4 is 16.8 Å². The molecule has 2 aromatic heterocycles. The molecular weight excluding hydrogens is 390 g/mol. The summed E-state index contributed by atoms with van der Waals surface area (Å²) in [6.45, 7) is 2.58. The second-order valence-electron chi connectivity index (χ2n) is 7.83. The fourth-order valence-electron chi connectivity index (χ4n) is 4.44. The van der Waals surface area contributed by atoms with Crippen LogP contribution in [0, 0.1) is 0 Å². The van der Waals surface area contributed by atoms with Crippen LogP contribution in [0.3, 0.4) is 0 Å². The minimum absolute atomic E-state index is 0.135. The van der Waals surface area contributed by atoms with Gasteiger partial charge in [0.05, 0.1) is 13.2 Å². The van der Waals surface area contributed by atoms with Gasteiger partial charge in [0.25, 0.3) is 11.5 Å². The van der Waals surface area contributed by atoms with E-state index in [1.165, 1.54) is 10.9 Å². The van der Waals surface area contributed by atoms with Gasteiger partial charge >= 0.3 is 0 Å². The molecule has 1 aliphatic rings. The van der Waals surface area contributed by atoms with Crippen LogP contribution in [0.25, 0.3) is 22.2 Å². The highest BCUT2D eigenvalue weighted by Crippen LogP contribution is 2.34. The minimum Gasteiger partial charge on any atom is -0.497 e. The Morgan fingerprint density at radius 3 is 2.55 bits per heavy atom. The van der Waals surface area contributed by atoms with E-state index in [9.17, 15) is 9.59 Å². The number of rotatable bonds is 3. The molecule has 6 nitrogen and oxygen atoms in total. The number of methoxy groups -OCH3 is 1. The molecule has 6 heteroatoms. The highest BCUT2D eigenvalue weighted by atomic mass is 16.5. The van der Waals surface area contributed by atoms with Gasteiger partial charge in [-0.1, -0.05) is 18.2 Å². The van der Waals surface area contributed by atoms with E-state index < -0.39 is 0 Å². The molecule has 3 heterocycles. The number of ether oxygens (including phenoxy) is 1. The quantitative estimate of drug-likeness (QED) is 0.526. The van der Waals surface area contributed by atoms with E-state index in [0.29, 0.717) is 12.2 Å². The number of carbonyl (C=O) groups excluding carboxylic acids is 1. The molecule has 0 unspecified atom stereocenters. The maximum absolute atomic E-state index is 13.3. The molecule has 0 saturated carbocycles. The van der Waals surface area contributed by atoms with E-state index >= 15 is 0 Å². The van der Waals surface area contributed by atoms with Crippen LogP contribution in [0.5, 0.6) is 5.75 Å². The Labute approximate surface area is 179 Å². The first-order valence-corrected chi connectivity index (χ1v) is 10.3. The largest absolute Gasteiger partial charge is 0.497 e. The Kier molecular flexibility index (Phi) is 4.62. The van der Waals surface area contributed by atoms with Gasteiger partial charge in [-0.05, 0) is 66.9 Å². The van der Waals surface area contributed by atoms with Crippen molar-refractivity contribution in [1.82, 2.24) is 14.9 Å². The van der Waals surface area contributed by atoms with Crippen LogP contribution in [0.1, 0.15) is 34.6 Å². The molecule has 4 aromatic rings. The molecule has 1 aliphatic heterocycles. The molecule has 156 valence electrons. The summed E-state index contributed by atoms with van der Waals surface area (Å²) in [5, 5.41) is 1.21. The smallest absolute Gasteiger partial charge is 0.261 e. The number of hydrogen-bond acceptors (Lipinski definition) is 3. The van der Waals surface area contributed by atoms with Crippen LogP contribution >= 0.6 is 0 Å². The molecule has 31 heavy (non-hydrogen) atoms. The Balaban J connectivity index is 1.44. The van der Waals surface area contributed by atoms with Crippen LogP contribution in [0.15, 0.2) is 65.5 Å². The number of pyridine rings is 1. The summed E-state index contributed by atoms with van der Waals surface area (Å²) in [5.41, 5.74) is 4.68. The molecule has 0 fully saturated rings. The lowest BCUT2D eigenvalue weighted by molar-refractivity contribution is 0.0673. The van der Waals surface area contributed by atoms with Crippen molar-refractivity contribution in [3.05, 3.63) is 87.8 Å². The van der Waals surface area contributed by atoms with E-state index in [-0.39, 0.29) is 23.1 Å². The normalized spacial score (nSPS) is 15.7. The molecule has 0 radical (unpaired) electrons. The SMILES string of the molecule is COc1ccc(-c2ccc(C(=O)N3CCc4c([nH]c5ccccc45)[C@@H]3C)c(=O)[nH]2)cc1. The van der Waals surface area contributed by atoms with E-state index in [1.807, 2.05) is 43.3 Å². The van der Waals surface area contributed by atoms with Crippen molar-refractivity contribution in [2.45, 2.75) is 19.4 Å². The molecule has 0 aliphatic carbocycles. The topological polar surface area (TPSA) is 78.2 Å². The van der Waals surface area contributed by atoms with Crippen molar-refractivity contribution in [2.24, 2.45) is 0 Å². The molecular formula is C25H23N3O3. The molecule has 1 atom stereocenters. The van der Waals surface area contributed by atoms with Gasteiger partial charge in [0.1, 0.15) is 11.3 Å². The van der Waals surface area contributed by atoms with Gasteiger partial charge in [-0.3, -0.25) is 9.59 Å². The number of benzene rings is 2. The second kappa shape index (κ2) is 7.47. The van der Waals surface area contributed by atoms with E-state index in [4.69, 9.17) is 4.74 Å². The lowest BCUT2D eigenvalue weighted by atomic mass is 9.97. The number of hydrogen-bond donors (Lipinski definition) is 2. The Hall–Kier alpha value is -3.80. The molecule has 0 bridgehead atoms. The summed E-state index contributed by atoms with van der Waals surface area (Å²) in [6, 6.07) is 18.9. The minimum atomic E-state index is -0.382. The van der Waals surface area contributed by atoms with Crippen LogP contribution in [-0.2, 0) is 6.42 Å². The van der Waals surface area contributed by atoms with E-state index in [1.54, 1.807) is 24.1 Å². The fraction of sp³-hybridized carbons (Fsp3) is 0.200. The first-order valence-electron chi connectivity index (χ1n) is 10.3. The predicted molar refractivity (Wildman–Crippen MR) is 121 cm³/mol. The molecule has 1 amide bonds. The van der Waals surface area contributed by atoms with Gasteiger partial charge < -0.3 is 19.6 Å². The number of aromatic nitrogens is 2. The summed E-state index contributed by atoms with van der Waals surface area (Å²) in [5.74, 6) is 0.493. The van der Waals surface area contributed by atoms with Crippen molar-refractivity contribution in [3.8, 4) is 17.0 Å². The van der Waals surface area contributed by atoms with Crippen LogP contribution in [0.4, 0.5) is 0 Å². The third kappa shape index (κ3) is 3.20. The zero-order chi connectivity index (χ0) is 21.5. The van der Waals surface area contributed by atoms with Gasteiger partial charge in [0.2, 0.25) is 0 Å². The van der Waals surface area contributed by atoms with Crippen LogP contribution in [0.2, 0.25) is 0 Å². The Morgan fingerprint density at radius 2 is 1.81 bits per heavy atom. The van der Waals surface area contributed by atoms with Crippen molar-refractivity contribution < 1.29 is 9.53 Å². The van der Waals surface area contributed by atoms with Gasteiger partial charge in [0.15, 0.2) is 0 Å². The number of amides is 1. The van der Waals surface area contributed by atoms with Crippen LogP contribution in [-0.4, -0.2) is 34.4 Å². The monoisotopic (exact) mass is 413 g/mol. The Morgan fingerprint density at radius 1 is 1.03 bits per heavy atom. The van der Waals surface area contributed by atoms with Gasteiger partial charge in [-0.2, -0.15) is 0 Å². The second-order valence-corrected chi connectivity index (χ2v) is 7.83. The lowest BCUT2D eigenvalue weighted by Gasteiger charge is -2.33. The van der Waals surface area contributed by atoms with E-state index in [0.717, 1.165) is 28.9 Å². The van der Waals surface area contributed by atoms with Crippen LogP contribution < -0.4 is 10.3 Å². The molecule has 5 rings (SSSR count). The molecule has 2 aromatic carbocycles. The van der Waals surface area contributed by atoms with Gasteiger partial charge in [-0.15, -0.1) is 0 Å². The third-order valence-corrected chi connectivity index (χ3v) is 6.14. The van der Waals surface area contributed by atoms with Gasteiger partial charge in [0, 0.05) is 28.8 Å². The third-order valence-electron chi connectivity index (χ3n) is 6.14. The van der Waals surface area contributed by atoms with E-state index in [2.05, 4.69) is 22.1 Å². The number of H-pyrrole nitrogens is 2. The number of nitrogens with one attached hydrogen (secondary N) is 2. The average molecular weight is 413 g/mol. The molecule has 0 spiro atoms. The van der Waals surface area contributed by atoms with Crippen molar-refractivity contribution in [3.63, 3.8) is 0 Å². The summed E-state index contributed by atoms with van der Waals surface area (Å²) in [4.78, 5) is 34.1. The highest BCUT2D eigenvalue weighted by Gasteiger charge is 2.31. The highest BCUT2D eigenvalue weighted by molar-refractivity contribution is 5.95. The van der Waals surface area contributed by atoms with Crippen molar-refractivity contribution in [1.29, 1.82) is 0 Å². The number of carbonyl (C=O) groups is 1. The summed E-state index contributed by atoms with van der Waals surface area (Å²) >= 11 is 0. The number of nitrogens with zero attached hydrogens (tertiary/aromatic N) is 1. The number of para-hydroxylation sites is 1. The fourth-order valence-corrected chi connectivity index (χ4v) is 4.44. The average Bonchev–Trinajstić information content (AvgIpc) is 3.19.